The number of para-hydroxylation sites is 1. The molecule has 216 valence electrons. The molecule has 0 aliphatic heterocycles. The van der Waals surface area contributed by atoms with Crippen LogP contribution in [0.5, 0.6) is 0 Å². The summed E-state index contributed by atoms with van der Waals surface area (Å²) in [5.41, 5.74) is 2.67. The summed E-state index contributed by atoms with van der Waals surface area (Å²) in [6.07, 6.45) is -2.71. The molecule has 1 atom stereocenters. The number of ether oxygens (including phenoxy) is 5. The number of hydrogen-bond donors (Lipinski definition) is 2. The molecular formula is C30H32N2O9. The Kier molecular flexibility index (Phi) is 12.7. The van der Waals surface area contributed by atoms with E-state index in [1.54, 1.807) is 24.3 Å². The molecule has 1 unspecified atom stereocenters. The van der Waals surface area contributed by atoms with Crippen molar-refractivity contribution in [3.8, 4) is 0 Å². The van der Waals surface area contributed by atoms with Gasteiger partial charge in [-0.15, -0.1) is 0 Å². The van der Waals surface area contributed by atoms with E-state index in [2.05, 4.69) is 10.6 Å². The lowest BCUT2D eigenvalue weighted by Gasteiger charge is -2.19. The first-order valence-electron chi connectivity index (χ1n) is 12.8. The summed E-state index contributed by atoms with van der Waals surface area (Å²) < 4.78 is 26.4. The molecule has 0 aliphatic rings. The summed E-state index contributed by atoms with van der Waals surface area (Å²) in [6.45, 7) is 0.732. The van der Waals surface area contributed by atoms with E-state index >= 15 is 0 Å². The van der Waals surface area contributed by atoms with Crippen molar-refractivity contribution in [3.05, 3.63) is 102 Å². The van der Waals surface area contributed by atoms with Crippen molar-refractivity contribution in [2.75, 3.05) is 25.1 Å². The molecule has 0 saturated heterocycles. The van der Waals surface area contributed by atoms with Crippen LogP contribution in [0.2, 0.25) is 0 Å². The van der Waals surface area contributed by atoms with Gasteiger partial charge in [0.1, 0.15) is 26.4 Å². The standard InChI is InChI=1S/C30H32N2O9/c1-22(33)38-19-25-14-8-9-15-27(25)32-30(36)40-21-26(20-37-17-23-10-4-2-5-11-23)41-29(35)31-16-28(34)39-18-24-12-6-3-7-13-24/h2-15,26H,16-21H2,1H3,(H,31,35)(H,32,36). The number of carbonyl (C=O) groups is 4. The van der Waals surface area contributed by atoms with E-state index in [0.717, 1.165) is 11.1 Å². The number of benzene rings is 3. The van der Waals surface area contributed by atoms with Crippen LogP contribution in [-0.4, -0.2) is 50.0 Å². The van der Waals surface area contributed by atoms with Gasteiger partial charge in [0.15, 0.2) is 6.10 Å². The molecule has 0 bridgehead atoms. The molecule has 0 saturated carbocycles. The number of amides is 2. The maximum Gasteiger partial charge on any atom is 0.411 e. The smallest absolute Gasteiger partial charge is 0.411 e. The number of hydrogen-bond acceptors (Lipinski definition) is 9. The molecule has 3 rings (SSSR count). The molecule has 0 fully saturated rings. The molecule has 0 radical (unpaired) electrons. The minimum atomic E-state index is -0.985. The highest BCUT2D eigenvalue weighted by Crippen LogP contribution is 2.16. The van der Waals surface area contributed by atoms with Gasteiger partial charge in [0.2, 0.25) is 0 Å². The molecule has 11 heteroatoms. The predicted molar refractivity (Wildman–Crippen MR) is 147 cm³/mol. The Morgan fingerprint density at radius 2 is 1.32 bits per heavy atom. The van der Waals surface area contributed by atoms with E-state index in [0.29, 0.717) is 11.3 Å². The second-order valence-electron chi connectivity index (χ2n) is 8.69. The topological polar surface area (TPSA) is 138 Å². The normalized spacial score (nSPS) is 11.0. The summed E-state index contributed by atoms with van der Waals surface area (Å²) in [5.74, 6) is -1.11. The van der Waals surface area contributed by atoms with Crippen LogP contribution in [0.25, 0.3) is 0 Å². The van der Waals surface area contributed by atoms with Crippen molar-refractivity contribution < 1.29 is 42.9 Å². The van der Waals surface area contributed by atoms with Gasteiger partial charge in [-0.25, -0.2) is 9.59 Å². The second-order valence-corrected chi connectivity index (χ2v) is 8.69. The lowest BCUT2D eigenvalue weighted by molar-refractivity contribution is -0.144. The Bertz CT molecular complexity index is 1270. The molecule has 11 nitrogen and oxygen atoms in total. The zero-order valence-electron chi connectivity index (χ0n) is 22.6. The van der Waals surface area contributed by atoms with E-state index in [9.17, 15) is 19.2 Å². The highest BCUT2D eigenvalue weighted by atomic mass is 16.6. The van der Waals surface area contributed by atoms with Gasteiger partial charge in [0.25, 0.3) is 0 Å². The number of alkyl carbamates (subject to hydrolysis) is 1. The Labute approximate surface area is 237 Å². The van der Waals surface area contributed by atoms with Crippen LogP contribution in [0.3, 0.4) is 0 Å². The minimum Gasteiger partial charge on any atom is -0.461 e. The molecule has 3 aromatic rings. The Morgan fingerprint density at radius 3 is 2.00 bits per heavy atom. The zero-order valence-corrected chi connectivity index (χ0v) is 22.6. The first-order valence-corrected chi connectivity index (χ1v) is 12.8. The highest BCUT2D eigenvalue weighted by Gasteiger charge is 2.19. The maximum absolute atomic E-state index is 12.5. The fourth-order valence-corrected chi connectivity index (χ4v) is 3.39. The van der Waals surface area contributed by atoms with E-state index in [4.69, 9.17) is 23.7 Å². The van der Waals surface area contributed by atoms with E-state index < -0.39 is 36.8 Å². The van der Waals surface area contributed by atoms with E-state index in [1.807, 2.05) is 60.7 Å². The lowest BCUT2D eigenvalue weighted by atomic mass is 10.2. The quantitative estimate of drug-likeness (QED) is 0.216. The highest BCUT2D eigenvalue weighted by molar-refractivity contribution is 5.85. The van der Waals surface area contributed by atoms with Crippen molar-refractivity contribution in [1.82, 2.24) is 5.32 Å². The van der Waals surface area contributed by atoms with Gasteiger partial charge in [-0.05, 0) is 17.2 Å². The molecular weight excluding hydrogens is 532 g/mol. The third kappa shape index (κ3) is 12.2. The molecule has 0 spiro atoms. The van der Waals surface area contributed by atoms with Crippen LogP contribution in [-0.2, 0) is 53.1 Å². The molecule has 2 N–H and O–H groups in total. The van der Waals surface area contributed by atoms with Crippen LogP contribution in [0.15, 0.2) is 84.9 Å². The Balaban J connectivity index is 1.50. The van der Waals surface area contributed by atoms with E-state index in [-0.39, 0.29) is 33.0 Å². The molecule has 0 aromatic heterocycles. The Hall–Kier alpha value is -4.90. The SMILES string of the molecule is CC(=O)OCc1ccccc1NC(=O)OCC(COCc1ccccc1)OC(=O)NCC(=O)OCc1ccccc1. The number of esters is 2. The molecule has 0 aliphatic carbocycles. The van der Waals surface area contributed by atoms with Gasteiger partial charge < -0.3 is 29.0 Å². The average molecular weight is 565 g/mol. The van der Waals surface area contributed by atoms with E-state index in [1.165, 1.54) is 6.92 Å². The average Bonchev–Trinajstić information content (AvgIpc) is 2.98. The molecule has 0 heterocycles. The summed E-state index contributed by atoms with van der Waals surface area (Å²) >= 11 is 0. The van der Waals surface area contributed by atoms with Crippen molar-refractivity contribution in [2.24, 2.45) is 0 Å². The molecule has 2 amide bonds. The number of carbonyl (C=O) groups excluding carboxylic acids is 4. The number of rotatable bonds is 14. The summed E-state index contributed by atoms with van der Waals surface area (Å²) in [7, 11) is 0. The predicted octanol–water partition coefficient (Wildman–Crippen LogP) is 4.35. The fraction of sp³-hybridized carbons (Fsp3) is 0.267. The monoisotopic (exact) mass is 564 g/mol. The van der Waals surface area contributed by atoms with Gasteiger partial charge in [-0.3, -0.25) is 14.9 Å². The third-order valence-electron chi connectivity index (χ3n) is 5.39. The lowest BCUT2D eigenvalue weighted by Crippen LogP contribution is -2.37. The van der Waals surface area contributed by atoms with Crippen molar-refractivity contribution >= 4 is 29.8 Å². The number of anilines is 1. The van der Waals surface area contributed by atoms with Gasteiger partial charge in [-0.1, -0.05) is 78.9 Å². The van der Waals surface area contributed by atoms with Gasteiger partial charge in [-0.2, -0.15) is 0 Å². The van der Waals surface area contributed by atoms with Gasteiger partial charge >= 0.3 is 24.1 Å². The third-order valence-corrected chi connectivity index (χ3v) is 5.39. The van der Waals surface area contributed by atoms with Crippen molar-refractivity contribution in [3.63, 3.8) is 0 Å². The summed E-state index contributed by atoms with van der Waals surface area (Å²) in [6, 6.07) is 25.2. The van der Waals surface area contributed by atoms with Crippen LogP contribution < -0.4 is 10.6 Å². The summed E-state index contributed by atoms with van der Waals surface area (Å²) in [5, 5.41) is 4.91. The molecule has 3 aromatic carbocycles. The van der Waals surface area contributed by atoms with Gasteiger partial charge in [0, 0.05) is 12.5 Å². The van der Waals surface area contributed by atoms with Crippen molar-refractivity contribution in [1.29, 1.82) is 0 Å². The minimum absolute atomic E-state index is 0.0290. The van der Waals surface area contributed by atoms with Crippen LogP contribution in [0.1, 0.15) is 23.6 Å². The van der Waals surface area contributed by atoms with Gasteiger partial charge in [0.05, 0.1) is 18.9 Å². The Morgan fingerprint density at radius 1 is 0.683 bits per heavy atom. The van der Waals surface area contributed by atoms with Crippen LogP contribution >= 0.6 is 0 Å². The first-order chi connectivity index (χ1) is 19.9. The molecule has 41 heavy (non-hydrogen) atoms. The number of nitrogens with one attached hydrogen (secondary N) is 2. The van der Waals surface area contributed by atoms with Crippen molar-refractivity contribution in [2.45, 2.75) is 32.8 Å². The fourth-order valence-electron chi connectivity index (χ4n) is 3.39. The second kappa shape index (κ2) is 16.9. The summed E-state index contributed by atoms with van der Waals surface area (Å²) in [4.78, 5) is 48.0. The first kappa shape index (κ1) is 30.6. The zero-order chi connectivity index (χ0) is 29.3. The van der Waals surface area contributed by atoms with Crippen LogP contribution in [0, 0.1) is 0 Å². The largest absolute Gasteiger partial charge is 0.461 e. The van der Waals surface area contributed by atoms with Crippen LogP contribution in [0.4, 0.5) is 15.3 Å². The maximum atomic E-state index is 12.5.